The van der Waals surface area contributed by atoms with E-state index in [4.69, 9.17) is 9.47 Å². The molecule has 1 fully saturated rings. The smallest absolute Gasteiger partial charge is 0.231 e. The van der Waals surface area contributed by atoms with Gasteiger partial charge in [-0.25, -0.2) is 0 Å². The van der Waals surface area contributed by atoms with E-state index in [1.165, 1.54) is 0 Å². The molecule has 23 heavy (non-hydrogen) atoms. The van der Waals surface area contributed by atoms with E-state index in [0.717, 1.165) is 62.5 Å². The SMILES string of the molecule is CCNc1nc(SCCC2OCCCO2)nc(N(CC)CC)n1. The van der Waals surface area contributed by atoms with Gasteiger partial charge in [0.15, 0.2) is 11.4 Å². The maximum absolute atomic E-state index is 5.57. The van der Waals surface area contributed by atoms with Gasteiger partial charge in [0.25, 0.3) is 0 Å². The molecule has 0 radical (unpaired) electrons. The number of rotatable bonds is 9. The standard InChI is InChI=1S/C15H27N5O2S/c1-4-16-13-17-14(20(5-2)6-3)19-15(18-13)23-11-8-12-21-9-7-10-22-12/h12H,4-11H2,1-3H3,(H,16,17,18,19). The van der Waals surface area contributed by atoms with Crippen molar-refractivity contribution in [1.82, 2.24) is 15.0 Å². The van der Waals surface area contributed by atoms with Crippen molar-refractivity contribution in [1.29, 1.82) is 0 Å². The van der Waals surface area contributed by atoms with E-state index in [9.17, 15) is 0 Å². The van der Waals surface area contributed by atoms with E-state index in [1.54, 1.807) is 11.8 Å². The minimum absolute atomic E-state index is 0.0893. The molecule has 1 aromatic rings. The molecule has 1 saturated heterocycles. The molecule has 1 aliphatic rings. The molecular weight excluding hydrogens is 314 g/mol. The number of hydrogen-bond acceptors (Lipinski definition) is 8. The van der Waals surface area contributed by atoms with Gasteiger partial charge in [-0.2, -0.15) is 15.0 Å². The third-order valence-corrected chi connectivity index (χ3v) is 4.35. The van der Waals surface area contributed by atoms with Gasteiger partial charge in [-0.1, -0.05) is 11.8 Å². The number of aromatic nitrogens is 3. The van der Waals surface area contributed by atoms with E-state index < -0.39 is 0 Å². The fourth-order valence-electron chi connectivity index (χ4n) is 2.25. The van der Waals surface area contributed by atoms with E-state index in [0.29, 0.717) is 5.95 Å². The monoisotopic (exact) mass is 341 g/mol. The van der Waals surface area contributed by atoms with Crippen LogP contribution in [0.1, 0.15) is 33.6 Å². The Morgan fingerprint density at radius 3 is 2.52 bits per heavy atom. The first kappa shape index (κ1) is 18.2. The first-order valence-corrected chi connectivity index (χ1v) is 9.36. The highest BCUT2D eigenvalue weighted by molar-refractivity contribution is 7.99. The highest BCUT2D eigenvalue weighted by atomic mass is 32.2. The van der Waals surface area contributed by atoms with E-state index in [2.05, 4.69) is 39.0 Å². The molecule has 0 aliphatic carbocycles. The number of thioether (sulfide) groups is 1. The molecule has 2 rings (SSSR count). The van der Waals surface area contributed by atoms with Crippen molar-refractivity contribution in [3.8, 4) is 0 Å². The Kier molecular flexibility index (Phi) is 7.84. The van der Waals surface area contributed by atoms with Crippen molar-refractivity contribution < 1.29 is 9.47 Å². The molecule has 0 aromatic carbocycles. The lowest BCUT2D eigenvalue weighted by Gasteiger charge is -2.23. The Morgan fingerprint density at radius 2 is 1.87 bits per heavy atom. The summed E-state index contributed by atoms with van der Waals surface area (Å²) in [5.74, 6) is 2.23. The number of ether oxygens (including phenoxy) is 2. The Bertz CT molecular complexity index is 467. The van der Waals surface area contributed by atoms with Crippen LogP contribution < -0.4 is 10.2 Å². The Balaban J connectivity index is 1.97. The summed E-state index contributed by atoms with van der Waals surface area (Å²) in [5, 5.41) is 3.92. The van der Waals surface area contributed by atoms with Gasteiger partial charge in [-0.15, -0.1) is 0 Å². The van der Waals surface area contributed by atoms with Gasteiger partial charge in [0.2, 0.25) is 11.9 Å². The average molecular weight is 341 g/mol. The topological polar surface area (TPSA) is 72.4 Å². The first-order chi connectivity index (χ1) is 11.3. The van der Waals surface area contributed by atoms with Crippen LogP contribution in [0.25, 0.3) is 0 Å². The largest absolute Gasteiger partial charge is 0.354 e. The summed E-state index contributed by atoms with van der Waals surface area (Å²) < 4.78 is 11.1. The maximum Gasteiger partial charge on any atom is 0.231 e. The quantitative estimate of drug-likeness (QED) is 0.687. The van der Waals surface area contributed by atoms with Gasteiger partial charge in [-0.3, -0.25) is 0 Å². The third-order valence-electron chi connectivity index (χ3n) is 3.47. The minimum Gasteiger partial charge on any atom is -0.354 e. The maximum atomic E-state index is 5.57. The third kappa shape index (κ3) is 5.78. The summed E-state index contributed by atoms with van der Waals surface area (Å²) >= 11 is 1.62. The molecule has 2 heterocycles. The van der Waals surface area contributed by atoms with Gasteiger partial charge >= 0.3 is 0 Å². The Morgan fingerprint density at radius 1 is 1.13 bits per heavy atom. The minimum atomic E-state index is -0.0893. The van der Waals surface area contributed by atoms with Crippen molar-refractivity contribution in [3.63, 3.8) is 0 Å². The van der Waals surface area contributed by atoms with Gasteiger partial charge in [0, 0.05) is 31.8 Å². The van der Waals surface area contributed by atoms with Gasteiger partial charge < -0.3 is 19.7 Å². The summed E-state index contributed by atoms with van der Waals surface area (Å²) in [7, 11) is 0. The lowest BCUT2D eigenvalue weighted by atomic mass is 10.4. The Labute approximate surface area is 142 Å². The van der Waals surface area contributed by atoms with Crippen LogP contribution in [0.4, 0.5) is 11.9 Å². The Hall–Kier alpha value is -1.12. The molecule has 1 aliphatic heterocycles. The highest BCUT2D eigenvalue weighted by Crippen LogP contribution is 2.21. The van der Waals surface area contributed by atoms with Crippen LogP contribution in [0.15, 0.2) is 5.16 Å². The zero-order valence-electron chi connectivity index (χ0n) is 14.2. The molecular formula is C15H27N5O2S. The van der Waals surface area contributed by atoms with Crippen LogP contribution in [-0.2, 0) is 9.47 Å². The summed E-state index contributed by atoms with van der Waals surface area (Å²) in [6, 6.07) is 0. The second kappa shape index (κ2) is 9.89. The molecule has 1 N–H and O–H groups in total. The van der Waals surface area contributed by atoms with Crippen molar-refractivity contribution in [2.75, 3.05) is 48.8 Å². The molecule has 0 atom stereocenters. The zero-order valence-corrected chi connectivity index (χ0v) is 15.1. The zero-order chi connectivity index (χ0) is 16.5. The van der Waals surface area contributed by atoms with Crippen molar-refractivity contribution in [2.24, 2.45) is 0 Å². The number of anilines is 2. The second-order valence-electron chi connectivity index (χ2n) is 5.11. The lowest BCUT2D eigenvalue weighted by Crippen LogP contribution is -2.26. The summed E-state index contributed by atoms with van der Waals surface area (Å²) in [6.45, 7) is 10.4. The van der Waals surface area contributed by atoms with Crippen molar-refractivity contribution >= 4 is 23.7 Å². The number of nitrogens with one attached hydrogen (secondary N) is 1. The van der Waals surface area contributed by atoms with E-state index >= 15 is 0 Å². The van der Waals surface area contributed by atoms with Crippen LogP contribution in [0.2, 0.25) is 0 Å². The number of hydrogen-bond donors (Lipinski definition) is 1. The molecule has 0 unspecified atom stereocenters. The summed E-state index contributed by atoms with van der Waals surface area (Å²) in [5.41, 5.74) is 0. The van der Waals surface area contributed by atoms with Crippen LogP contribution >= 0.6 is 11.8 Å². The summed E-state index contributed by atoms with van der Waals surface area (Å²) in [6.07, 6.45) is 1.73. The number of nitrogens with zero attached hydrogens (tertiary/aromatic N) is 4. The van der Waals surface area contributed by atoms with Gasteiger partial charge in [0.05, 0.1) is 13.2 Å². The average Bonchev–Trinajstić information content (AvgIpc) is 2.57. The van der Waals surface area contributed by atoms with E-state index in [-0.39, 0.29) is 6.29 Å². The second-order valence-corrected chi connectivity index (χ2v) is 6.17. The van der Waals surface area contributed by atoms with Crippen LogP contribution in [-0.4, -0.2) is 59.8 Å². The fourth-order valence-corrected chi connectivity index (χ4v) is 3.04. The molecule has 1 aromatic heterocycles. The molecule has 0 amide bonds. The lowest BCUT2D eigenvalue weighted by molar-refractivity contribution is -0.178. The molecule has 7 nitrogen and oxygen atoms in total. The van der Waals surface area contributed by atoms with Crippen molar-refractivity contribution in [2.45, 2.75) is 45.1 Å². The van der Waals surface area contributed by atoms with E-state index in [1.807, 2.05) is 6.92 Å². The predicted molar refractivity (Wildman–Crippen MR) is 93.2 cm³/mol. The van der Waals surface area contributed by atoms with Gasteiger partial charge in [0.1, 0.15) is 0 Å². The molecule has 8 heteroatoms. The van der Waals surface area contributed by atoms with Crippen LogP contribution in [0, 0.1) is 0 Å². The predicted octanol–water partition coefficient (Wildman–Crippen LogP) is 2.39. The fraction of sp³-hybridized carbons (Fsp3) is 0.800. The molecule has 0 spiro atoms. The normalized spacial score (nSPS) is 15.6. The molecule has 0 bridgehead atoms. The first-order valence-electron chi connectivity index (χ1n) is 8.37. The molecule has 0 saturated carbocycles. The van der Waals surface area contributed by atoms with Crippen LogP contribution in [0.5, 0.6) is 0 Å². The highest BCUT2D eigenvalue weighted by Gasteiger charge is 2.15. The summed E-state index contributed by atoms with van der Waals surface area (Å²) in [4.78, 5) is 15.7. The van der Waals surface area contributed by atoms with Gasteiger partial charge in [-0.05, 0) is 27.2 Å². The molecule has 130 valence electrons. The van der Waals surface area contributed by atoms with Crippen molar-refractivity contribution in [3.05, 3.63) is 0 Å². The van der Waals surface area contributed by atoms with Crippen LogP contribution in [0.3, 0.4) is 0 Å².